The zero-order chi connectivity index (χ0) is 14.1. The fourth-order valence-electron chi connectivity index (χ4n) is 4.47. The normalized spacial score (nSPS) is 33.4. The van der Waals surface area contributed by atoms with Gasteiger partial charge in [-0.05, 0) is 50.8 Å². The summed E-state index contributed by atoms with van der Waals surface area (Å²) in [5.74, 6) is 1.95. The Morgan fingerprint density at radius 2 is 2.05 bits per heavy atom. The van der Waals surface area contributed by atoms with Crippen LogP contribution in [0.3, 0.4) is 0 Å². The fraction of sp³-hybridized carbons (Fsp3) is 0.667. The Morgan fingerprint density at radius 3 is 2.95 bits per heavy atom. The lowest BCUT2D eigenvalue weighted by atomic mass is 9.87. The summed E-state index contributed by atoms with van der Waals surface area (Å²) in [4.78, 5) is 2.73. The fourth-order valence-corrected chi connectivity index (χ4v) is 4.47. The van der Waals surface area contributed by atoms with Gasteiger partial charge in [0.1, 0.15) is 5.75 Å². The molecule has 3 atom stereocenters. The van der Waals surface area contributed by atoms with E-state index in [2.05, 4.69) is 34.5 Å². The predicted molar refractivity (Wildman–Crippen MR) is 84.6 cm³/mol. The third-order valence-electron chi connectivity index (χ3n) is 5.52. The quantitative estimate of drug-likeness (QED) is 0.904. The van der Waals surface area contributed by atoms with Crippen molar-refractivity contribution >= 4 is 0 Å². The van der Waals surface area contributed by atoms with Crippen LogP contribution in [0.4, 0.5) is 0 Å². The molecular weight excluding hydrogens is 260 g/mol. The minimum Gasteiger partial charge on any atom is -0.493 e. The van der Waals surface area contributed by atoms with Crippen LogP contribution in [0.15, 0.2) is 24.3 Å². The highest BCUT2D eigenvalue weighted by molar-refractivity contribution is 5.37. The van der Waals surface area contributed by atoms with Crippen LogP contribution in [0.1, 0.15) is 43.7 Å². The third-order valence-corrected chi connectivity index (χ3v) is 5.52. The zero-order valence-electron chi connectivity index (χ0n) is 12.8. The van der Waals surface area contributed by atoms with E-state index in [1.54, 1.807) is 0 Å². The standard InChI is InChI=1S/C18H26N2O/c1-2-8-18-15(6-1)17(9-12-21-18)20-11-4-5-14(13-20)16-7-3-10-19-16/h1-2,6,8,14,16-17,19H,3-5,7,9-13H2. The van der Waals surface area contributed by atoms with E-state index in [1.165, 1.54) is 50.9 Å². The van der Waals surface area contributed by atoms with Crippen LogP contribution in [0.5, 0.6) is 5.75 Å². The van der Waals surface area contributed by atoms with Crippen molar-refractivity contribution in [1.29, 1.82) is 0 Å². The summed E-state index contributed by atoms with van der Waals surface area (Å²) in [6.07, 6.45) is 6.63. The number of benzene rings is 1. The number of hydrogen-bond acceptors (Lipinski definition) is 3. The van der Waals surface area contributed by atoms with Crippen LogP contribution in [0.2, 0.25) is 0 Å². The number of para-hydroxylation sites is 1. The lowest BCUT2D eigenvalue weighted by molar-refractivity contribution is 0.0809. The number of piperidine rings is 1. The van der Waals surface area contributed by atoms with Gasteiger partial charge in [0.05, 0.1) is 6.61 Å². The highest BCUT2D eigenvalue weighted by Crippen LogP contribution is 2.38. The van der Waals surface area contributed by atoms with Crippen LogP contribution in [-0.2, 0) is 0 Å². The molecule has 1 N–H and O–H groups in total. The first-order chi connectivity index (χ1) is 10.4. The monoisotopic (exact) mass is 286 g/mol. The number of likely N-dealkylation sites (tertiary alicyclic amines) is 1. The third kappa shape index (κ3) is 2.69. The van der Waals surface area contributed by atoms with Gasteiger partial charge in [0.2, 0.25) is 0 Å². The maximum Gasteiger partial charge on any atom is 0.124 e. The van der Waals surface area contributed by atoms with Crippen molar-refractivity contribution in [1.82, 2.24) is 10.2 Å². The van der Waals surface area contributed by atoms with Crippen molar-refractivity contribution in [3.05, 3.63) is 29.8 Å². The minimum atomic E-state index is 0.569. The lowest BCUT2D eigenvalue weighted by Crippen LogP contribution is -2.45. The number of nitrogens with one attached hydrogen (secondary N) is 1. The molecule has 4 rings (SSSR count). The lowest BCUT2D eigenvalue weighted by Gasteiger charge is -2.42. The summed E-state index contributed by atoms with van der Waals surface area (Å²) in [5.41, 5.74) is 1.41. The Labute approximate surface area is 127 Å². The van der Waals surface area contributed by atoms with E-state index in [0.717, 1.165) is 30.7 Å². The maximum atomic E-state index is 5.83. The highest BCUT2D eigenvalue weighted by atomic mass is 16.5. The molecule has 1 aromatic rings. The molecule has 0 bridgehead atoms. The molecule has 3 aliphatic rings. The van der Waals surface area contributed by atoms with E-state index in [4.69, 9.17) is 4.74 Å². The molecule has 0 spiro atoms. The summed E-state index contributed by atoms with van der Waals surface area (Å²) in [6.45, 7) is 4.60. The van der Waals surface area contributed by atoms with Crippen LogP contribution in [-0.4, -0.2) is 37.2 Å². The molecule has 1 aromatic carbocycles. The minimum absolute atomic E-state index is 0.569. The Hall–Kier alpha value is -1.06. The van der Waals surface area contributed by atoms with Crippen LogP contribution >= 0.6 is 0 Å². The molecule has 0 aliphatic carbocycles. The smallest absolute Gasteiger partial charge is 0.124 e. The van der Waals surface area contributed by atoms with Gasteiger partial charge >= 0.3 is 0 Å². The molecule has 2 fully saturated rings. The molecule has 3 heteroatoms. The summed E-state index contributed by atoms with van der Waals surface area (Å²) < 4.78 is 5.83. The zero-order valence-corrected chi connectivity index (χ0v) is 12.8. The Kier molecular flexibility index (Phi) is 3.87. The summed E-state index contributed by atoms with van der Waals surface area (Å²) in [6, 6.07) is 9.96. The molecule has 0 amide bonds. The largest absolute Gasteiger partial charge is 0.493 e. The van der Waals surface area contributed by atoms with E-state index in [9.17, 15) is 0 Å². The van der Waals surface area contributed by atoms with Crippen LogP contribution in [0.25, 0.3) is 0 Å². The van der Waals surface area contributed by atoms with Crippen molar-refractivity contribution in [3.63, 3.8) is 0 Å². The molecule has 0 radical (unpaired) electrons. The molecular formula is C18H26N2O. The Balaban J connectivity index is 1.51. The van der Waals surface area contributed by atoms with E-state index < -0.39 is 0 Å². The summed E-state index contributed by atoms with van der Waals surface area (Å²) >= 11 is 0. The highest BCUT2D eigenvalue weighted by Gasteiger charge is 2.34. The van der Waals surface area contributed by atoms with E-state index in [0.29, 0.717) is 6.04 Å². The first-order valence-electron chi connectivity index (χ1n) is 8.61. The molecule has 2 saturated heterocycles. The molecule has 3 aliphatic heterocycles. The van der Waals surface area contributed by atoms with Crippen LogP contribution in [0, 0.1) is 5.92 Å². The van der Waals surface area contributed by atoms with Gasteiger partial charge in [0.15, 0.2) is 0 Å². The predicted octanol–water partition coefficient (Wildman–Crippen LogP) is 2.97. The number of fused-ring (bicyclic) bond motifs is 1. The van der Waals surface area contributed by atoms with Gasteiger partial charge in [0, 0.05) is 30.6 Å². The molecule has 21 heavy (non-hydrogen) atoms. The van der Waals surface area contributed by atoms with Crippen molar-refractivity contribution in [2.24, 2.45) is 5.92 Å². The number of rotatable bonds is 2. The van der Waals surface area contributed by atoms with Crippen molar-refractivity contribution in [2.45, 2.75) is 44.2 Å². The molecule has 0 saturated carbocycles. The van der Waals surface area contributed by atoms with Gasteiger partial charge in [-0.15, -0.1) is 0 Å². The van der Waals surface area contributed by atoms with Gasteiger partial charge in [-0.2, -0.15) is 0 Å². The molecule has 3 nitrogen and oxygen atoms in total. The van der Waals surface area contributed by atoms with E-state index in [1.807, 2.05) is 0 Å². The summed E-state index contributed by atoms with van der Waals surface area (Å²) in [7, 11) is 0. The van der Waals surface area contributed by atoms with Crippen molar-refractivity contribution in [3.8, 4) is 5.75 Å². The van der Waals surface area contributed by atoms with Gasteiger partial charge in [-0.25, -0.2) is 0 Å². The Morgan fingerprint density at radius 1 is 1.10 bits per heavy atom. The second kappa shape index (κ2) is 5.98. The first kappa shape index (κ1) is 13.6. The van der Waals surface area contributed by atoms with Gasteiger partial charge in [-0.3, -0.25) is 4.90 Å². The number of hydrogen-bond donors (Lipinski definition) is 1. The maximum absolute atomic E-state index is 5.83. The number of ether oxygens (including phenoxy) is 1. The number of nitrogens with zero attached hydrogens (tertiary/aromatic N) is 1. The average Bonchev–Trinajstić information content (AvgIpc) is 3.09. The Bertz CT molecular complexity index is 484. The van der Waals surface area contributed by atoms with Gasteiger partial charge < -0.3 is 10.1 Å². The second-order valence-corrected chi connectivity index (χ2v) is 6.79. The molecule has 3 unspecified atom stereocenters. The topological polar surface area (TPSA) is 24.5 Å². The second-order valence-electron chi connectivity index (χ2n) is 6.79. The van der Waals surface area contributed by atoms with Gasteiger partial charge in [0.25, 0.3) is 0 Å². The molecule has 3 heterocycles. The van der Waals surface area contributed by atoms with Crippen LogP contribution < -0.4 is 10.1 Å². The van der Waals surface area contributed by atoms with Crippen molar-refractivity contribution < 1.29 is 4.74 Å². The van der Waals surface area contributed by atoms with E-state index in [-0.39, 0.29) is 0 Å². The van der Waals surface area contributed by atoms with Crippen molar-refractivity contribution in [2.75, 3.05) is 26.2 Å². The molecule has 114 valence electrons. The summed E-state index contributed by atoms with van der Waals surface area (Å²) in [5, 5.41) is 3.72. The van der Waals surface area contributed by atoms with Gasteiger partial charge in [-0.1, -0.05) is 18.2 Å². The average molecular weight is 286 g/mol. The SMILES string of the molecule is c1ccc2c(c1)OCCC2N1CCCC(C2CCCN2)C1. The molecule has 0 aromatic heterocycles. The van der Waals surface area contributed by atoms with E-state index >= 15 is 0 Å². The first-order valence-corrected chi connectivity index (χ1v) is 8.61.